The van der Waals surface area contributed by atoms with Crippen molar-refractivity contribution in [3.05, 3.63) is 0 Å². The van der Waals surface area contributed by atoms with Crippen molar-refractivity contribution < 1.29 is 10.2 Å². The van der Waals surface area contributed by atoms with Crippen LogP contribution in [0, 0.1) is 0 Å². The first-order valence-corrected chi connectivity index (χ1v) is 3.32. The van der Waals surface area contributed by atoms with E-state index < -0.39 is 12.2 Å². The topological polar surface area (TPSA) is 66.5 Å². The number of aliphatic hydroxyl groups excluding tert-OH is 2. The summed E-state index contributed by atoms with van der Waals surface area (Å²) in [5, 5.41) is 18.0. The molecule has 0 radical (unpaired) electrons. The summed E-state index contributed by atoms with van der Waals surface area (Å²) in [4.78, 5) is 0. The highest BCUT2D eigenvalue weighted by molar-refractivity contribution is 5.85. The fourth-order valence-corrected chi connectivity index (χ4v) is 1.16. The maximum atomic E-state index is 9.02. The lowest BCUT2D eigenvalue weighted by Crippen LogP contribution is -2.39. The Kier molecular flexibility index (Phi) is 4.20. The lowest BCUT2D eigenvalue weighted by atomic mass is 9.91. The van der Waals surface area contributed by atoms with Crippen LogP contribution in [0.1, 0.15) is 19.3 Å². The van der Waals surface area contributed by atoms with Crippen molar-refractivity contribution >= 4 is 12.4 Å². The highest BCUT2D eigenvalue weighted by Crippen LogP contribution is 2.16. The van der Waals surface area contributed by atoms with Gasteiger partial charge >= 0.3 is 0 Å². The summed E-state index contributed by atoms with van der Waals surface area (Å²) in [6.07, 6.45) is 0.889. The molecule has 1 fully saturated rings. The van der Waals surface area contributed by atoms with Gasteiger partial charge in [0.25, 0.3) is 0 Å². The van der Waals surface area contributed by atoms with Crippen LogP contribution >= 0.6 is 12.4 Å². The maximum Gasteiger partial charge on any atom is 0.0813 e. The predicted octanol–water partition coefficient (Wildman–Crippen LogP) is -0.359. The molecule has 3 unspecified atom stereocenters. The van der Waals surface area contributed by atoms with Crippen LogP contribution in [0.3, 0.4) is 0 Å². The molecule has 62 valence electrons. The summed E-state index contributed by atoms with van der Waals surface area (Å²) in [7, 11) is 0. The second-order valence-electron chi connectivity index (χ2n) is 2.71. The van der Waals surface area contributed by atoms with Crippen LogP contribution in [0.25, 0.3) is 0 Å². The van der Waals surface area contributed by atoms with Gasteiger partial charge in [-0.3, -0.25) is 0 Å². The molecule has 4 N–H and O–H groups in total. The molecule has 1 aliphatic rings. The van der Waals surface area contributed by atoms with Gasteiger partial charge in [-0.25, -0.2) is 0 Å². The molecule has 10 heavy (non-hydrogen) atoms. The molecule has 0 aromatic carbocycles. The monoisotopic (exact) mass is 167 g/mol. The largest absolute Gasteiger partial charge is 0.390 e. The molecule has 0 amide bonds. The fraction of sp³-hybridized carbons (Fsp3) is 1.00. The number of hydrogen-bond donors (Lipinski definition) is 3. The molecule has 0 saturated heterocycles. The second kappa shape index (κ2) is 4.13. The normalized spacial score (nSPS) is 40.5. The zero-order valence-corrected chi connectivity index (χ0v) is 6.55. The van der Waals surface area contributed by atoms with E-state index in [4.69, 9.17) is 15.9 Å². The van der Waals surface area contributed by atoms with E-state index in [0.717, 1.165) is 6.42 Å². The molecule has 0 aliphatic heterocycles. The fourth-order valence-electron chi connectivity index (χ4n) is 1.16. The summed E-state index contributed by atoms with van der Waals surface area (Å²) < 4.78 is 0. The van der Waals surface area contributed by atoms with Crippen molar-refractivity contribution in [2.75, 3.05) is 0 Å². The lowest BCUT2D eigenvalue weighted by molar-refractivity contribution is -0.0140. The summed E-state index contributed by atoms with van der Waals surface area (Å²) >= 11 is 0. The average molecular weight is 168 g/mol. The smallest absolute Gasteiger partial charge is 0.0813 e. The number of rotatable bonds is 0. The quantitative estimate of drug-likeness (QED) is 0.462. The van der Waals surface area contributed by atoms with Gasteiger partial charge in [-0.1, -0.05) is 0 Å². The summed E-state index contributed by atoms with van der Waals surface area (Å²) in [6.45, 7) is 0. The van der Waals surface area contributed by atoms with Crippen molar-refractivity contribution in [1.82, 2.24) is 0 Å². The first kappa shape index (κ1) is 10.2. The SMILES string of the molecule is Cl.NC1CCC(O)C(O)C1. The Hall–Kier alpha value is 0.170. The minimum Gasteiger partial charge on any atom is -0.390 e. The second-order valence-corrected chi connectivity index (χ2v) is 2.71. The van der Waals surface area contributed by atoms with Gasteiger partial charge in [0, 0.05) is 6.04 Å². The number of halogens is 1. The molecule has 0 spiro atoms. The zero-order chi connectivity index (χ0) is 6.85. The van der Waals surface area contributed by atoms with Crippen molar-refractivity contribution in [3.63, 3.8) is 0 Å². The molecule has 0 bridgehead atoms. The minimum absolute atomic E-state index is 0. The Bertz CT molecular complexity index is 102. The van der Waals surface area contributed by atoms with Crippen molar-refractivity contribution in [2.45, 2.75) is 37.5 Å². The molecule has 4 heteroatoms. The van der Waals surface area contributed by atoms with Gasteiger partial charge in [-0.2, -0.15) is 0 Å². The first-order valence-electron chi connectivity index (χ1n) is 3.32. The molecule has 0 aromatic rings. The molecule has 3 atom stereocenters. The summed E-state index contributed by atoms with van der Waals surface area (Å²) in [5.74, 6) is 0. The van der Waals surface area contributed by atoms with Crippen molar-refractivity contribution in [3.8, 4) is 0 Å². The van der Waals surface area contributed by atoms with Gasteiger partial charge < -0.3 is 15.9 Å². The zero-order valence-electron chi connectivity index (χ0n) is 5.73. The van der Waals surface area contributed by atoms with Gasteiger partial charge in [-0.05, 0) is 19.3 Å². The Morgan fingerprint density at radius 1 is 1.10 bits per heavy atom. The van der Waals surface area contributed by atoms with Gasteiger partial charge in [0.1, 0.15) is 0 Å². The van der Waals surface area contributed by atoms with Crippen LogP contribution in [0.15, 0.2) is 0 Å². The molecule has 1 aliphatic carbocycles. The molecule has 0 heterocycles. The highest BCUT2D eigenvalue weighted by atomic mass is 35.5. The Morgan fingerprint density at radius 3 is 2.10 bits per heavy atom. The molecule has 1 rings (SSSR count). The maximum absolute atomic E-state index is 9.02. The minimum atomic E-state index is -0.589. The van der Waals surface area contributed by atoms with Crippen LogP contribution in [0.2, 0.25) is 0 Å². The third-order valence-corrected chi connectivity index (χ3v) is 1.82. The Morgan fingerprint density at radius 2 is 1.70 bits per heavy atom. The number of nitrogens with two attached hydrogens (primary N) is 1. The number of aliphatic hydroxyl groups is 2. The van der Waals surface area contributed by atoms with Crippen LogP contribution in [-0.4, -0.2) is 28.5 Å². The van der Waals surface area contributed by atoms with Crippen molar-refractivity contribution in [1.29, 1.82) is 0 Å². The Labute approximate surface area is 66.6 Å². The van der Waals surface area contributed by atoms with Crippen LogP contribution in [-0.2, 0) is 0 Å². The van der Waals surface area contributed by atoms with Crippen LogP contribution in [0.5, 0.6) is 0 Å². The van der Waals surface area contributed by atoms with E-state index in [1.54, 1.807) is 0 Å². The van der Waals surface area contributed by atoms with E-state index in [1.807, 2.05) is 0 Å². The van der Waals surface area contributed by atoms with E-state index in [9.17, 15) is 0 Å². The molecule has 1 saturated carbocycles. The lowest BCUT2D eigenvalue weighted by Gasteiger charge is -2.27. The van der Waals surface area contributed by atoms with Gasteiger partial charge in [0.05, 0.1) is 12.2 Å². The molecular formula is C6H14ClNO2. The highest BCUT2D eigenvalue weighted by Gasteiger charge is 2.24. The van der Waals surface area contributed by atoms with E-state index in [2.05, 4.69) is 0 Å². The molecule has 0 aromatic heterocycles. The van der Waals surface area contributed by atoms with Gasteiger partial charge in [0.15, 0.2) is 0 Å². The van der Waals surface area contributed by atoms with Gasteiger partial charge in [-0.15, -0.1) is 12.4 Å². The van der Waals surface area contributed by atoms with Crippen LogP contribution < -0.4 is 5.73 Å². The van der Waals surface area contributed by atoms with Crippen LogP contribution in [0.4, 0.5) is 0 Å². The summed E-state index contributed by atoms with van der Waals surface area (Å²) in [6, 6.07) is 0.0865. The standard InChI is InChI=1S/C6H13NO2.ClH/c7-4-1-2-5(8)6(9)3-4;/h4-6,8-9H,1-3,7H2;1H. The third-order valence-electron chi connectivity index (χ3n) is 1.82. The van der Waals surface area contributed by atoms with E-state index >= 15 is 0 Å². The van der Waals surface area contributed by atoms with E-state index in [0.29, 0.717) is 12.8 Å². The number of hydrogen-bond acceptors (Lipinski definition) is 3. The predicted molar refractivity (Wildman–Crippen MR) is 41.1 cm³/mol. The summed E-state index contributed by atoms with van der Waals surface area (Å²) in [5.41, 5.74) is 5.52. The average Bonchev–Trinajstić information content (AvgIpc) is 1.80. The van der Waals surface area contributed by atoms with Gasteiger partial charge in [0.2, 0.25) is 0 Å². The molecule has 3 nitrogen and oxygen atoms in total. The van der Waals surface area contributed by atoms with E-state index in [1.165, 1.54) is 0 Å². The van der Waals surface area contributed by atoms with Crippen molar-refractivity contribution in [2.24, 2.45) is 5.73 Å². The van der Waals surface area contributed by atoms with E-state index in [-0.39, 0.29) is 18.4 Å². The Balaban J connectivity index is 0.000000810. The first-order chi connectivity index (χ1) is 4.20. The molecular weight excluding hydrogens is 154 g/mol. The third kappa shape index (κ3) is 2.42.